The maximum Gasteiger partial charge on any atom is 0.204 e. The minimum Gasteiger partial charge on any atom is -0.487 e. The van der Waals surface area contributed by atoms with Gasteiger partial charge >= 0.3 is 0 Å². The Morgan fingerprint density at radius 1 is 0.692 bits per heavy atom. The Morgan fingerprint density at radius 3 is 1.77 bits per heavy atom. The second-order valence-electron chi connectivity index (χ2n) is 7.01. The molecule has 140 valence electrons. The molecule has 0 saturated carbocycles. The van der Waals surface area contributed by atoms with E-state index in [1.54, 1.807) is 0 Å². The maximum absolute atomic E-state index is 8.67. The number of hydrogen-bond donors (Lipinski definition) is 1. The summed E-state index contributed by atoms with van der Waals surface area (Å²) in [6.45, 7) is 11.8. The molecule has 0 radical (unpaired) electrons. The lowest BCUT2D eigenvalue weighted by Gasteiger charge is -2.23. The summed E-state index contributed by atoms with van der Waals surface area (Å²) in [5, 5.41) is 8.67. The quantitative estimate of drug-likeness (QED) is 0.639. The Bertz CT molecular complexity index is 737. The van der Waals surface area contributed by atoms with Crippen molar-refractivity contribution < 1.29 is 14.2 Å². The highest BCUT2D eigenvalue weighted by atomic mass is 16.6. The van der Waals surface area contributed by atoms with Crippen molar-refractivity contribution in [1.29, 1.82) is 5.41 Å². The summed E-state index contributed by atoms with van der Waals surface area (Å²) >= 11 is 0. The third-order valence-corrected chi connectivity index (χ3v) is 3.48. The summed E-state index contributed by atoms with van der Waals surface area (Å²) in [7, 11) is 0. The third-order valence-electron chi connectivity index (χ3n) is 3.48. The molecule has 0 aliphatic rings. The minimum absolute atomic E-state index is 0.0100. The van der Waals surface area contributed by atoms with Gasteiger partial charge in [-0.15, -0.1) is 0 Å². The third kappa shape index (κ3) is 5.01. The van der Waals surface area contributed by atoms with Gasteiger partial charge in [0.2, 0.25) is 5.75 Å². The molecule has 2 aromatic rings. The maximum atomic E-state index is 8.67. The van der Waals surface area contributed by atoms with Crippen LogP contribution in [0.2, 0.25) is 0 Å². The van der Waals surface area contributed by atoms with Crippen molar-refractivity contribution in [2.75, 3.05) is 0 Å². The van der Waals surface area contributed by atoms with Crippen molar-refractivity contribution in [1.82, 2.24) is 0 Å². The van der Waals surface area contributed by atoms with Gasteiger partial charge < -0.3 is 14.2 Å². The van der Waals surface area contributed by atoms with Crippen LogP contribution in [0.3, 0.4) is 0 Å². The van der Waals surface area contributed by atoms with Crippen LogP contribution in [0.4, 0.5) is 0 Å². The van der Waals surface area contributed by atoms with Crippen molar-refractivity contribution in [2.24, 2.45) is 0 Å². The highest BCUT2D eigenvalue weighted by Crippen LogP contribution is 2.42. The number of rotatable bonds is 8. The molecule has 0 aliphatic heterocycles. The van der Waals surface area contributed by atoms with Crippen LogP contribution < -0.4 is 14.2 Å². The minimum atomic E-state index is -0.0545. The Kier molecular flexibility index (Phi) is 6.67. The molecule has 0 heterocycles. The monoisotopic (exact) mass is 355 g/mol. The number of ether oxygens (including phenoxy) is 3. The van der Waals surface area contributed by atoms with Crippen molar-refractivity contribution in [3.8, 4) is 17.2 Å². The number of nitrogens with one attached hydrogen (secondary N) is 1. The van der Waals surface area contributed by atoms with Crippen molar-refractivity contribution in [2.45, 2.75) is 59.9 Å². The lowest BCUT2D eigenvalue weighted by molar-refractivity contribution is 0.176. The number of benzene rings is 2. The highest BCUT2D eigenvalue weighted by Gasteiger charge is 2.23. The molecule has 1 N–H and O–H groups in total. The van der Waals surface area contributed by atoms with Gasteiger partial charge in [0.25, 0.3) is 0 Å². The Hall–Kier alpha value is -2.49. The van der Waals surface area contributed by atoms with E-state index in [0.717, 1.165) is 5.56 Å². The molecule has 2 aromatic carbocycles. The molecule has 2 rings (SSSR count). The van der Waals surface area contributed by atoms with Gasteiger partial charge in [0.05, 0.1) is 24.0 Å². The van der Waals surface area contributed by atoms with Crippen LogP contribution in [0.15, 0.2) is 42.5 Å². The zero-order valence-corrected chi connectivity index (χ0v) is 16.5. The molecule has 0 unspecified atom stereocenters. The zero-order chi connectivity index (χ0) is 19.3. The van der Waals surface area contributed by atoms with Gasteiger partial charge in [-0.25, -0.2) is 0 Å². The molecular weight excluding hydrogens is 326 g/mol. The molecule has 26 heavy (non-hydrogen) atoms. The van der Waals surface area contributed by atoms with Gasteiger partial charge in [0.15, 0.2) is 11.5 Å². The van der Waals surface area contributed by atoms with Gasteiger partial charge in [-0.05, 0) is 53.7 Å². The average Bonchev–Trinajstić information content (AvgIpc) is 2.57. The standard InChI is InChI=1S/C22H29NO3/c1-14(2)24-19-13-12-18(20(23)17-10-8-7-9-11-17)21(25-15(3)4)22(19)26-16(5)6/h7-16,23H,1-6H3. The average molecular weight is 355 g/mol. The van der Waals surface area contributed by atoms with Gasteiger partial charge in [-0.1, -0.05) is 30.3 Å². The van der Waals surface area contributed by atoms with Crippen LogP contribution in [0, 0.1) is 5.41 Å². The Labute approximate surface area is 156 Å². The van der Waals surface area contributed by atoms with E-state index in [9.17, 15) is 0 Å². The van der Waals surface area contributed by atoms with Crippen molar-refractivity contribution >= 4 is 5.71 Å². The lowest BCUT2D eigenvalue weighted by Crippen LogP contribution is -2.16. The van der Waals surface area contributed by atoms with E-state index in [2.05, 4.69) is 0 Å². The largest absolute Gasteiger partial charge is 0.487 e. The molecule has 0 atom stereocenters. The second-order valence-corrected chi connectivity index (χ2v) is 7.01. The first kappa shape index (κ1) is 19.8. The highest BCUT2D eigenvalue weighted by molar-refractivity contribution is 6.13. The second kappa shape index (κ2) is 8.75. The first-order valence-corrected chi connectivity index (χ1v) is 9.10. The fourth-order valence-corrected chi connectivity index (χ4v) is 2.55. The first-order chi connectivity index (χ1) is 12.3. The summed E-state index contributed by atoms with van der Waals surface area (Å²) in [5.74, 6) is 1.75. The van der Waals surface area contributed by atoms with Gasteiger partial charge in [-0.2, -0.15) is 0 Å². The van der Waals surface area contributed by atoms with E-state index in [4.69, 9.17) is 19.6 Å². The van der Waals surface area contributed by atoms with Gasteiger partial charge in [-0.3, -0.25) is 5.41 Å². The van der Waals surface area contributed by atoms with Gasteiger partial charge in [0, 0.05) is 11.1 Å². The van der Waals surface area contributed by atoms with Crippen LogP contribution in [-0.2, 0) is 0 Å². The van der Waals surface area contributed by atoms with E-state index >= 15 is 0 Å². The molecule has 4 heteroatoms. The summed E-state index contributed by atoms with van der Waals surface area (Å²) in [6.07, 6.45) is -0.0860. The van der Waals surface area contributed by atoms with E-state index in [0.29, 0.717) is 28.5 Å². The predicted molar refractivity (Wildman–Crippen MR) is 106 cm³/mol. The van der Waals surface area contributed by atoms with E-state index in [1.165, 1.54) is 0 Å². The molecule has 4 nitrogen and oxygen atoms in total. The summed E-state index contributed by atoms with van der Waals surface area (Å²) < 4.78 is 18.1. The molecule has 0 aliphatic carbocycles. The molecule has 0 aromatic heterocycles. The SMILES string of the molecule is CC(C)Oc1ccc(C(=N)c2ccccc2)c(OC(C)C)c1OC(C)C. The van der Waals surface area contributed by atoms with E-state index in [1.807, 2.05) is 84.0 Å². The molecule has 0 fully saturated rings. The van der Waals surface area contributed by atoms with Gasteiger partial charge in [0.1, 0.15) is 0 Å². The van der Waals surface area contributed by atoms with Crippen LogP contribution in [0.1, 0.15) is 52.7 Å². The van der Waals surface area contributed by atoms with Crippen molar-refractivity contribution in [3.05, 3.63) is 53.6 Å². The first-order valence-electron chi connectivity index (χ1n) is 9.10. The van der Waals surface area contributed by atoms with E-state index < -0.39 is 0 Å². The predicted octanol–water partition coefficient (Wildman–Crippen LogP) is 5.46. The summed E-state index contributed by atoms with van der Waals surface area (Å²) in [6, 6.07) is 13.4. The molecule has 0 spiro atoms. The van der Waals surface area contributed by atoms with Crippen LogP contribution in [0.5, 0.6) is 17.2 Å². The summed E-state index contributed by atoms with van der Waals surface area (Å²) in [5.41, 5.74) is 1.91. The molecule has 0 amide bonds. The normalized spacial score (nSPS) is 11.1. The van der Waals surface area contributed by atoms with Crippen LogP contribution >= 0.6 is 0 Å². The van der Waals surface area contributed by atoms with Crippen LogP contribution in [0.25, 0.3) is 0 Å². The lowest BCUT2D eigenvalue weighted by atomic mass is 10.0. The zero-order valence-electron chi connectivity index (χ0n) is 16.5. The fraction of sp³-hybridized carbons (Fsp3) is 0.409. The molecular formula is C22H29NO3. The van der Waals surface area contributed by atoms with Crippen molar-refractivity contribution in [3.63, 3.8) is 0 Å². The smallest absolute Gasteiger partial charge is 0.204 e. The van der Waals surface area contributed by atoms with E-state index in [-0.39, 0.29) is 18.3 Å². The number of hydrogen-bond acceptors (Lipinski definition) is 4. The summed E-state index contributed by atoms with van der Waals surface area (Å²) in [4.78, 5) is 0. The topological polar surface area (TPSA) is 51.5 Å². The fourth-order valence-electron chi connectivity index (χ4n) is 2.55. The molecule has 0 bridgehead atoms. The Balaban J connectivity index is 2.61. The van der Waals surface area contributed by atoms with Crippen LogP contribution in [-0.4, -0.2) is 24.0 Å². The molecule has 0 saturated heterocycles. The Morgan fingerprint density at radius 2 is 1.23 bits per heavy atom.